The molecule has 0 spiro atoms. The summed E-state index contributed by atoms with van der Waals surface area (Å²) in [6, 6.07) is 13.7. The number of anilines is 1. The Bertz CT molecular complexity index is 594. The summed E-state index contributed by atoms with van der Waals surface area (Å²) in [4.78, 5) is 7.01. The summed E-state index contributed by atoms with van der Waals surface area (Å²) in [6.45, 7) is 2.88. The van der Waals surface area contributed by atoms with Gasteiger partial charge < -0.3 is 10.2 Å². The first-order valence-corrected chi connectivity index (χ1v) is 7.39. The van der Waals surface area contributed by atoms with Gasteiger partial charge in [-0.15, -0.1) is 0 Å². The maximum Gasteiger partial charge on any atom is 0.133 e. The van der Waals surface area contributed by atoms with Crippen LogP contribution in [0.1, 0.15) is 29.5 Å². The van der Waals surface area contributed by atoms with Crippen LogP contribution in [0.15, 0.2) is 42.6 Å². The number of hydrogen-bond donors (Lipinski definition) is 1. The van der Waals surface area contributed by atoms with E-state index in [2.05, 4.69) is 45.5 Å². The maximum absolute atomic E-state index is 4.63. The summed E-state index contributed by atoms with van der Waals surface area (Å²) in [6.07, 6.45) is 4.55. The molecule has 1 saturated carbocycles. The van der Waals surface area contributed by atoms with E-state index in [9.17, 15) is 0 Å². The predicted molar refractivity (Wildman–Crippen MR) is 80.4 cm³/mol. The number of aromatic nitrogens is 1. The number of nitrogens with zero attached hydrogens (tertiary/aromatic N) is 2. The van der Waals surface area contributed by atoms with Gasteiger partial charge in [-0.25, -0.2) is 4.98 Å². The normalized spacial score (nSPS) is 17.3. The second-order valence-electron chi connectivity index (χ2n) is 5.77. The molecule has 1 N–H and O–H groups in total. The molecule has 0 amide bonds. The van der Waals surface area contributed by atoms with Crippen molar-refractivity contribution in [3.8, 4) is 0 Å². The second-order valence-corrected chi connectivity index (χ2v) is 5.77. The minimum Gasteiger partial charge on any atom is -0.348 e. The molecule has 0 saturated heterocycles. The van der Waals surface area contributed by atoms with Crippen molar-refractivity contribution in [2.24, 2.45) is 0 Å². The van der Waals surface area contributed by atoms with Gasteiger partial charge in [-0.1, -0.05) is 30.3 Å². The lowest BCUT2D eigenvalue weighted by atomic mass is 10.1. The van der Waals surface area contributed by atoms with Gasteiger partial charge >= 0.3 is 0 Å². The monoisotopic (exact) mass is 265 g/mol. The molecule has 0 unspecified atom stereocenters. The SMILES string of the molecule is c1ccc2c(c1)CN(c1ncccc1CNC1CC1)C2. The molecule has 3 heteroatoms. The zero-order chi connectivity index (χ0) is 13.4. The van der Waals surface area contributed by atoms with Gasteiger partial charge in [0.1, 0.15) is 5.82 Å². The second kappa shape index (κ2) is 4.91. The van der Waals surface area contributed by atoms with Gasteiger partial charge in [-0.3, -0.25) is 0 Å². The van der Waals surface area contributed by atoms with Crippen LogP contribution in [0.3, 0.4) is 0 Å². The highest BCUT2D eigenvalue weighted by Gasteiger charge is 2.23. The summed E-state index contributed by atoms with van der Waals surface area (Å²) in [5, 5.41) is 3.59. The van der Waals surface area contributed by atoms with Crippen molar-refractivity contribution < 1.29 is 0 Å². The van der Waals surface area contributed by atoms with Crippen LogP contribution in [0.25, 0.3) is 0 Å². The number of pyridine rings is 1. The van der Waals surface area contributed by atoms with Gasteiger partial charge in [-0.2, -0.15) is 0 Å². The largest absolute Gasteiger partial charge is 0.348 e. The molecule has 1 fully saturated rings. The molecule has 2 aromatic rings. The van der Waals surface area contributed by atoms with E-state index in [1.165, 1.54) is 29.5 Å². The molecule has 1 aromatic carbocycles. The number of rotatable bonds is 4. The van der Waals surface area contributed by atoms with Crippen LogP contribution in [0.2, 0.25) is 0 Å². The van der Waals surface area contributed by atoms with E-state index >= 15 is 0 Å². The van der Waals surface area contributed by atoms with Gasteiger partial charge in [0, 0.05) is 37.4 Å². The average molecular weight is 265 g/mol. The van der Waals surface area contributed by atoms with Gasteiger partial charge in [0.15, 0.2) is 0 Å². The van der Waals surface area contributed by atoms with Crippen molar-refractivity contribution in [3.05, 3.63) is 59.3 Å². The van der Waals surface area contributed by atoms with Crippen LogP contribution in [0.5, 0.6) is 0 Å². The third kappa shape index (κ3) is 2.29. The summed E-state index contributed by atoms with van der Waals surface area (Å²) in [5.41, 5.74) is 4.17. The Labute approximate surface area is 119 Å². The molecule has 3 nitrogen and oxygen atoms in total. The van der Waals surface area contributed by atoms with Crippen LogP contribution in [-0.4, -0.2) is 11.0 Å². The average Bonchev–Trinajstić information content (AvgIpc) is 3.22. The van der Waals surface area contributed by atoms with Gasteiger partial charge in [-0.05, 0) is 30.0 Å². The van der Waals surface area contributed by atoms with Gasteiger partial charge in [0.05, 0.1) is 0 Å². The van der Waals surface area contributed by atoms with Gasteiger partial charge in [0.25, 0.3) is 0 Å². The van der Waals surface area contributed by atoms with E-state index in [1.54, 1.807) is 0 Å². The molecule has 1 aromatic heterocycles. The topological polar surface area (TPSA) is 28.2 Å². The molecule has 1 aliphatic carbocycles. The first-order valence-electron chi connectivity index (χ1n) is 7.39. The molecule has 0 radical (unpaired) electrons. The van der Waals surface area contributed by atoms with Gasteiger partial charge in [0.2, 0.25) is 0 Å². The van der Waals surface area contributed by atoms with E-state index < -0.39 is 0 Å². The fourth-order valence-corrected chi connectivity index (χ4v) is 2.88. The quantitative estimate of drug-likeness (QED) is 0.921. The van der Waals surface area contributed by atoms with Crippen LogP contribution >= 0.6 is 0 Å². The first-order chi connectivity index (χ1) is 9.90. The van der Waals surface area contributed by atoms with E-state index in [-0.39, 0.29) is 0 Å². The summed E-state index contributed by atoms with van der Waals surface area (Å²) < 4.78 is 0. The number of hydrogen-bond acceptors (Lipinski definition) is 3. The highest BCUT2D eigenvalue weighted by atomic mass is 15.2. The van der Waals surface area contributed by atoms with E-state index in [1.807, 2.05) is 12.3 Å². The smallest absolute Gasteiger partial charge is 0.133 e. The van der Waals surface area contributed by atoms with Crippen molar-refractivity contribution >= 4 is 5.82 Å². The third-order valence-electron chi connectivity index (χ3n) is 4.17. The van der Waals surface area contributed by atoms with Crippen molar-refractivity contribution in [2.75, 3.05) is 4.90 Å². The van der Waals surface area contributed by atoms with Crippen molar-refractivity contribution in [3.63, 3.8) is 0 Å². The summed E-state index contributed by atoms with van der Waals surface area (Å²) in [7, 11) is 0. The molecular weight excluding hydrogens is 246 g/mol. The zero-order valence-corrected chi connectivity index (χ0v) is 11.5. The molecule has 2 aliphatic rings. The Balaban J connectivity index is 1.56. The third-order valence-corrected chi connectivity index (χ3v) is 4.17. The Morgan fingerprint density at radius 1 is 1.05 bits per heavy atom. The minimum atomic E-state index is 0.735. The first kappa shape index (κ1) is 11.9. The molecule has 0 atom stereocenters. The zero-order valence-electron chi connectivity index (χ0n) is 11.5. The lowest BCUT2D eigenvalue weighted by Crippen LogP contribution is -2.21. The number of benzene rings is 1. The van der Waals surface area contributed by atoms with Crippen LogP contribution < -0.4 is 10.2 Å². The van der Waals surface area contributed by atoms with Crippen molar-refractivity contribution in [1.29, 1.82) is 0 Å². The fourth-order valence-electron chi connectivity index (χ4n) is 2.88. The maximum atomic E-state index is 4.63. The predicted octanol–water partition coefficient (Wildman–Crippen LogP) is 2.85. The summed E-state index contributed by atoms with van der Waals surface area (Å²) >= 11 is 0. The van der Waals surface area contributed by atoms with Crippen molar-refractivity contribution in [1.82, 2.24) is 10.3 Å². The molecule has 4 rings (SSSR count). The Hall–Kier alpha value is -1.87. The van der Waals surface area contributed by atoms with E-state index in [0.29, 0.717) is 0 Å². The molecule has 1 aliphatic heterocycles. The lowest BCUT2D eigenvalue weighted by Gasteiger charge is -2.20. The van der Waals surface area contributed by atoms with E-state index in [0.717, 1.165) is 31.5 Å². The van der Waals surface area contributed by atoms with Crippen molar-refractivity contribution in [2.45, 2.75) is 38.5 Å². The molecule has 20 heavy (non-hydrogen) atoms. The highest BCUT2D eigenvalue weighted by Crippen LogP contribution is 2.29. The Kier molecular flexibility index (Phi) is 2.92. The summed E-state index contributed by atoms with van der Waals surface area (Å²) in [5.74, 6) is 1.14. The highest BCUT2D eigenvalue weighted by molar-refractivity contribution is 5.51. The van der Waals surface area contributed by atoms with Crippen LogP contribution in [0, 0.1) is 0 Å². The number of fused-ring (bicyclic) bond motifs is 1. The van der Waals surface area contributed by atoms with E-state index in [4.69, 9.17) is 0 Å². The Morgan fingerprint density at radius 2 is 1.80 bits per heavy atom. The Morgan fingerprint density at radius 3 is 2.50 bits per heavy atom. The number of nitrogens with one attached hydrogen (secondary N) is 1. The van der Waals surface area contributed by atoms with Crippen LogP contribution in [-0.2, 0) is 19.6 Å². The fraction of sp³-hybridized carbons (Fsp3) is 0.353. The standard InChI is InChI=1S/C17H19N3/c1-2-5-15-12-20(11-14(15)4-1)17-13(6-3-9-18-17)10-19-16-7-8-16/h1-6,9,16,19H,7-8,10-12H2. The van der Waals surface area contributed by atoms with Crippen LogP contribution in [0.4, 0.5) is 5.82 Å². The minimum absolute atomic E-state index is 0.735. The molecule has 0 bridgehead atoms. The molecule has 2 heterocycles. The molecule has 102 valence electrons. The lowest BCUT2D eigenvalue weighted by molar-refractivity contribution is 0.681. The molecular formula is C17H19N3.